The zero-order chi connectivity index (χ0) is 16.4. The minimum absolute atomic E-state index is 0.159. The number of aromatic nitrogens is 2. The van der Waals surface area contributed by atoms with Crippen molar-refractivity contribution in [2.75, 3.05) is 23.9 Å². The molecule has 2 heterocycles. The summed E-state index contributed by atoms with van der Waals surface area (Å²) in [5, 5.41) is 7.06. The predicted octanol–water partition coefficient (Wildman–Crippen LogP) is 3.29. The fourth-order valence-corrected chi connectivity index (χ4v) is 3.86. The van der Waals surface area contributed by atoms with E-state index in [0.717, 1.165) is 17.9 Å². The van der Waals surface area contributed by atoms with E-state index in [1.54, 1.807) is 36.2 Å². The molecule has 2 amide bonds. The average Bonchev–Trinajstić information content (AvgIpc) is 3.19. The van der Waals surface area contributed by atoms with Crippen LogP contribution in [0.25, 0.3) is 5.69 Å². The Hall–Kier alpha value is -2.02. The van der Waals surface area contributed by atoms with E-state index in [1.165, 1.54) is 10.7 Å². The molecule has 1 fully saturated rings. The maximum absolute atomic E-state index is 13.9. The molecule has 0 bridgehead atoms. The van der Waals surface area contributed by atoms with Crippen LogP contribution >= 0.6 is 11.8 Å². The molecule has 1 atom stereocenters. The third kappa shape index (κ3) is 3.19. The van der Waals surface area contributed by atoms with Crippen LogP contribution in [0, 0.1) is 12.7 Å². The van der Waals surface area contributed by atoms with E-state index in [4.69, 9.17) is 0 Å². The number of hydrogen-bond acceptors (Lipinski definition) is 3. The van der Waals surface area contributed by atoms with Crippen LogP contribution in [0.15, 0.2) is 30.5 Å². The average molecular weight is 334 g/mol. The van der Waals surface area contributed by atoms with Crippen molar-refractivity contribution >= 4 is 23.5 Å². The van der Waals surface area contributed by atoms with Crippen molar-refractivity contribution in [2.45, 2.75) is 19.4 Å². The fourth-order valence-electron chi connectivity index (χ4n) is 2.60. The summed E-state index contributed by atoms with van der Waals surface area (Å²) in [6, 6.07) is 6.54. The maximum atomic E-state index is 13.9. The van der Waals surface area contributed by atoms with Gasteiger partial charge in [-0.1, -0.05) is 12.1 Å². The van der Waals surface area contributed by atoms with Crippen LogP contribution in [0.5, 0.6) is 0 Å². The van der Waals surface area contributed by atoms with Gasteiger partial charge >= 0.3 is 6.03 Å². The van der Waals surface area contributed by atoms with E-state index in [0.29, 0.717) is 17.1 Å². The van der Waals surface area contributed by atoms with E-state index >= 15 is 0 Å². The SMILES string of the molecule is Cc1c(NC(=O)N(C)[C@@H]2CCSC2)cnn1-c1ccccc1F. The largest absolute Gasteiger partial charge is 0.324 e. The third-order valence-electron chi connectivity index (χ3n) is 4.11. The molecule has 7 heteroatoms. The van der Waals surface area contributed by atoms with Gasteiger partial charge in [-0.3, -0.25) is 0 Å². The van der Waals surface area contributed by atoms with Gasteiger partial charge in [-0.25, -0.2) is 13.9 Å². The van der Waals surface area contributed by atoms with Gasteiger partial charge in [0, 0.05) is 18.8 Å². The maximum Gasteiger partial charge on any atom is 0.321 e. The number of amides is 2. The number of halogens is 1. The van der Waals surface area contributed by atoms with Gasteiger partial charge in [0.15, 0.2) is 0 Å². The van der Waals surface area contributed by atoms with Crippen LogP contribution in [0.2, 0.25) is 0 Å². The van der Waals surface area contributed by atoms with Crippen molar-refractivity contribution in [3.63, 3.8) is 0 Å². The highest BCUT2D eigenvalue weighted by atomic mass is 32.2. The number of nitrogens with zero attached hydrogens (tertiary/aromatic N) is 3. The molecular formula is C16H19FN4OS. The minimum Gasteiger partial charge on any atom is -0.324 e. The molecule has 0 aliphatic carbocycles. The highest BCUT2D eigenvalue weighted by Crippen LogP contribution is 2.23. The van der Waals surface area contributed by atoms with Crippen molar-refractivity contribution < 1.29 is 9.18 Å². The van der Waals surface area contributed by atoms with Crippen molar-refractivity contribution in [2.24, 2.45) is 0 Å². The topological polar surface area (TPSA) is 50.2 Å². The fraction of sp³-hybridized carbons (Fsp3) is 0.375. The van der Waals surface area contributed by atoms with Crippen LogP contribution < -0.4 is 5.32 Å². The third-order valence-corrected chi connectivity index (χ3v) is 5.25. The van der Waals surface area contributed by atoms with E-state index < -0.39 is 0 Å². The first-order valence-corrected chi connectivity index (χ1v) is 8.64. The number of carbonyl (C=O) groups is 1. The van der Waals surface area contributed by atoms with Gasteiger partial charge in [0.05, 0.1) is 17.6 Å². The van der Waals surface area contributed by atoms with Crippen molar-refractivity contribution in [3.05, 3.63) is 42.0 Å². The minimum atomic E-state index is -0.350. The number of benzene rings is 1. The van der Waals surface area contributed by atoms with Crippen molar-refractivity contribution in [1.29, 1.82) is 0 Å². The summed E-state index contributed by atoms with van der Waals surface area (Å²) in [6.07, 6.45) is 2.57. The molecule has 1 aliphatic rings. The Morgan fingerprint density at radius 2 is 2.26 bits per heavy atom. The Morgan fingerprint density at radius 3 is 2.96 bits per heavy atom. The first-order chi connectivity index (χ1) is 11.1. The van der Waals surface area contributed by atoms with Crippen LogP contribution in [0.4, 0.5) is 14.9 Å². The molecule has 1 N–H and O–H groups in total. The summed E-state index contributed by atoms with van der Waals surface area (Å²) in [4.78, 5) is 14.1. The van der Waals surface area contributed by atoms with Gasteiger partial charge in [0.1, 0.15) is 11.5 Å². The van der Waals surface area contributed by atoms with Gasteiger partial charge in [-0.05, 0) is 31.2 Å². The smallest absolute Gasteiger partial charge is 0.321 e. The summed E-state index contributed by atoms with van der Waals surface area (Å²) < 4.78 is 15.4. The molecule has 0 spiro atoms. The molecule has 23 heavy (non-hydrogen) atoms. The molecule has 5 nitrogen and oxygen atoms in total. The first-order valence-electron chi connectivity index (χ1n) is 7.49. The molecule has 1 aliphatic heterocycles. The molecule has 3 rings (SSSR count). The number of urea groups is 1. The number of hydrogen-bond donors (Lipinski definition) is 1. The van der Waals surface area contributed by atoms with E-state index in [2.05, 4.69) is 10.4 Å². The second-order valence-electron chi connectivity index (χ2n) is 5.57. The lowest BCUT2D eigenvalue weighted by Crippen LogP contribution is -2.39. The molecule has 1 saturated heterocycles. The Bertz CT molecular complexity index is 712. The Balaban J connectivity index is 1.77. The van der Waals surface area contributed by atoms with Gasteiger partial charge < -0.3 is 10.2 Å². The van der Waals surface area contributed by atoms with Crippen molar-refractivity contribution in [3.8, 4) is 5.69 Å². The van der Waals surface area contributed by atoms with Crippen LogP contribution in [0.3, 0.4) is 0 Å². The highest BCUT2D eigenvalue weighted by molar-refractivity contribution is 7.99. The van der Waals surface area contributed by atoms with E-state index in [-0.39, 0.29) is 17.9 Å². The molecule has 1 aromatic carbocycles. The molecule has 2 aromatic rings. The normalized spacial score (nSPS) is 17.3. The summed E-state index contributed by atoms with van der Waals surface area (Å²) in [7, 11) is 1.81. The Labute approximate surface area is 138 Å². The number of rotatable bonds is 3. The lowest BCUT2D eigenvalue weighted by molar-refractivity contribution is 0.209. The number of anilines is 1. The predicted molar refractivity (Wildman–Crippen MR) is 90.8 cm³/mol. The lowest BCUT2D eigenvalue weighted by atomic mass is 10.2. The number of carbonyl (C=O) groups excluding carboxylic acids is 1. The Kier molecular flexibility index (Phi) is 4.56. The van der Waals surface area contributed by atoms with E-state index in [9.17, 15) is 9.18 Å². The quantitative estimate of drug-likeness (QED) is 0.937. The van der Waals surface area contributed by atoms with Crippen LogP contribution in [0.1, 0.15) is 12.1 Å². The second kappa shape index (κ2) is 6.62. The summed E-state index contributed by atoms with van der Waals surface area (Å²) in [5.41, 5.74) is 1.65. The number of para-hydroxylation sites is 1. The molecule has 0 unspecified atom stereocenters. The summed E-state index contributed by atoms with van der Waals surface area (Å²) in [6.45, 7) is 1.81. The van der Waals surface area contributed by atoms with Gasteiger partial charge in [-0.15, -0.1) is 0 Å². The molecule has 0 saturated carbocycles. The van der Waals surface area contributed by atoms with Gasteiger partial charge in [-0.2, -0.15) is 16.9 Å². The van der Waals surface area contributed by atoms with Crippen LogP contribution in [-0.4, -0.2) is 45.3 Å². The molecule has 1 aromatic heterocycles. The van der Waals surface area contributed by atoms with Crippen molar-refractivity contribution in [1.82, 2.24) is 14.7 Å². The summed E-state index contributed by atoms with van der Waals surface area (Å²) in [5.74, 6) is 1.71. The number of nitrogens with one attached hydrogen (secondary N) is 1. The zero-order valence-electron chi connectivity index (χ0n) is 13.1. The zero-order valence-corrected chi connectivity index (χ0v) is 13.9. The van der Waals surface area contributed by atoms with Crippen LogP contribution in [-0.2, 0) is 0 Å². The van der Waals surface area contributed by atoms with Gasteiger partial charge in [0.2, 0.25) is 0 Å². The molecular weight excluding hydrogens is 315 g/mol. The summed E-state index contributed by atoms with van der Waals surface area (Å²) >= 11 is 1.86. The monoisotopic (exact) mass is 334 g/mol. The highest BCUT2D eigenvalue weighted by Gasteiger charge is 2.24. The lowest BCUT2D eigenvalue weighted by Gasteiger charge is -2.23. The molecule has 0 radical (unpaired) electrons. The van der Waals surface area contributed by atoms with Gasteiger partial charge in [0.25, 0.3) is 0 Å². The Morgan fingerprint density at radius 1 is 1.48 bits per heavy atom. The number of thioether (sulfide) groups is 1. The molecule has 122 valence electrons. The second-order valence-corrected chi connectivity index (χ2v) is 6.72. The first kappa shape index (κ1) is 15.9. The van der Waals surface area contributed by atoms with E-state index in [1.807, 2.05) is 18.8 Å². The standard InChI is InChI=1S/C16H19FN4OS/c1-11-14(19-16(22)20(2)12-7-8-23-10-12)9-18-21(11)15-6-4-3-5-13(15)17/h3-6,9,12H,7-8,10H2,1-2H3,(H,19,22)/t12-/m1/s1.